The quantitative estimate of drug-likeness (QED) is 0.676. The Morgan fingerprint density at radius 3 is 1.93 bits per heavy atom. The molecule has 0 saturated heterocycles. The van der Waals surface area contributed by atoms with E-state index in [2.05, 4.69) is 6.92 Å². The Morgan fingerprint density at radius 2 is 1.47 bits per heavy atom. The zero-order valence-electron chi connectivity index (χ0n) is 9.58. The summed E-state index contributed by atoms with van der Waals surface area (Å²) >= 11 is 0. The van der Waals surface area contributed by atoms with E-state index in [-0.39, 0.29) is 0 Å². The molecule has 1 aromatic rings. The zero-order valence-corrected chi connectivity index (χ0v) is 9.58. The van der Waals surface area contributed by atoms with Crippen molar-refractivity contribution in [2.24, 2.45) is 0 Å². The van der Waals surface area contributed by atoms with Crippen molar-refractivity contribution in [2.45, 2.75) is 19.8 Å². The highest BCUT2D eigenvalue weighted by atomic mass is 16.5. The summed E-state index contributed by atoms with van der Waals surface area (Å²) in [7, 11) is 3.26. The lowest BCUT2D eigenvalue weighted by atomic mass is 10.3. The summed E-state index contributed by atoms with van der Waals surface area (Å²) in [5.41, 5.74) is 0. The van der Waals surface area contributed by atoms with Gasteiger partial charge in [-0.3, -0.25) is 0 Å². The Labute approximate surface area is 91.0 Å². The van der Waals surface area contributed by atoms with Crippen molar-refractivity contribution in [1.29, 1.82) is 0 Å². The van der Waals surface area contributed by atoms with Crippen molar-refractivity contribution in [3.8, 4) is 17.2 Å². The lowest BCUT2D eigenvalue weighted by Crippen LogP contribution is -1.97. The molecule has 0 aliphatic heterocycles. The number of methoxy groups -OCH3 is 2. The fraction of sp³-hybridized carbons (Fsp3) is 0.500. The maximum atomic E-state index is 5.57. The molecule has 0 radical (unpaired) electrons. The average molecular weight is 210 g/mol. The van der Waals surface area contributed by atoms with Gasteiger partial charge in [0.25, 0.3) is 0 Å². The Morgan fingerprint density at radius 1 is 0.933 bits per heavy atom. The molecule has 15 heavy (non-hydrogen) atoms. The van der Waals surface area contributed by atoms with Crippen LogP contribution in [0.5, 0.6) is 17.2 Å². The molecule has 0 bridgehead atoms. The molecule has 0 heterocycles. The molecule has 84 valence electrons. The number of benzene rings is 1. The minimum atomic E-state index is 0.729. The van der Waals surface area contributed by atoms with Crippen molar-refractivity contribution < 1.29 is 14.2 Å². The molecule has 3 heteroatoms. The van der Waals surface area contributed by atoms with Crippen LogP contribution in [0.1, 0.15) is 19.8 Å². The summed E-state index contributed by atoms with van der Waals surface area (Å²) < 4.78 is 15.9. The van der Waals surface area contributed by atoms with Crippen LogP contribution in [0.2, 0.25) is 0 Å². The minimum absolute atomic E-state index is 0.729. The van der Waals surface area contributed by atoms with E-state index < -0.39 is 0 Å². The summed E-state index contributed by atoms with van der Waals surface area (Å²) in [6, 6.07) is 5.54. The molecule has 0 unspecified atom stereocenters. The molecule has 0 saturated carbocycles. The topological polar surface area (TPSA) is 27.7 Å². The van der Waals surface area contributed by atoms with Crippen LogP contribution >= 0.6 is 0 Å². The molecule has 3 nitrogen and oxygen atoms in total. The summed E-state index contributed by atoms with van der Waals surface area (Å²) in [6.45, 7) is 2.86. The van der Waals surface area contributed by atoms with Crippen LogP contribution < -0.4 is 14.2 Å². The molecule has 0 fully saturated rings. The van der Waals surface area contributed by atoms with Gasteiger partial charge in [-0.1, -0.05) is 13.3 Å². The smallest absolute Gasteiger partial charge is 0.126 e. The second kappa shape index (κ2) is 6.17. The fourth-order valence-corrected chi connectivity index (χ4v) is 1.20. The van der Waals surface area contributed by atoms with E-state index in [1.165, 1.54) is 0 Å². The molecule has 0 aliphatic carbocycles. The molecule has 0 aliphatic rings. The Balaban J connectivity index is 2.68. The Bertz CT molecular complexity index is 275. The van der Waals surface area contributed by atoms with E-state index >= 15 is 0 Å². The molecular weight excluding hydrogens is 192 g/mol. The van der Waals surface area contributed by atoms with E-state index in [0.29, 0.717) is 0 Å². The monoisotopic (exact) mass is 210 g/mol. The van der Waals surface area contributed by atoms with E-state index in [4.69, 9.17) is 14.2 Å². The van der Waals surface area contributed by atoms with Gasteiger partial charge in [-0.2, -0.15) is 0 Å². The highest BCUT2D eigenvalue weighted by Gasteiger charge is 2.02. The SMILES string of the molecule is CCCCOc1cc(OC)cc(OC)c1. The van der Waals surface area contributed by atoms with Crippen LogP contribution in [-0.4, -0.2) is 20.8 Å². The fourth-order valence-electron chi connectivity index (χ4n) is 1.20. The van der Waals surface area contributed by atoms with Gasteiger partial charge < -0.3 is 14.2 Å². The third kappa shape index (κ3) is 3.70. The minimum Gasteiger partial charge on any atom is -0.496 e. The van der Waals surface area contributed by atoms with Crippen molar-refractivity contribution in [2.75, 3.05) is 20.8 Å². The Hall–Kier alpha value is -1.38. The molecule has 0 spiro atoms. The zero-order chi connectivity index (χ0) is 11.1. The maximum Gasteiger partial charge on any atom is 0.126 e. The van der Waals surface area contributed by atoms with E-state index in [1.807, 2.05) is 18.2 Å². The summed E-state index contributed by atoms with van der Waals surface area (Å²) in [5, 5.41) is 0. The average Bonchev–Trinajstić information content (AvgIpc) is 2.29. The van der Waals surface area contributed by atoms with Crippen LogP contribution in [0.15, 0.2) is 18.2 Å². The standard InChI is InChI=1S/C12H18O3/c1-4-5-6-15-12-8-10(13-2)7-11(9-12)14-3/h7-9H,4-6H2,1-3H3. The lowest BCUT2D eigenvalue weighted by Gasteiger charge is -2.09. The van der Waals surface area contributed by atoms with Crippen LogP contribution in [0.3, 0.4) is 0 Å². The third-order valence-electron chi connectivity index (χ3n) is 2.09. The van der Waals surface area contributed by atoms with Gasteiger partial charge in [0.2, 0.25) is 0 Å². The van der Waals surface area contributed by atoms with Crippen LogP contribution in [0.25, 0.3) is 0 Å². The molecule has 1 aromatic carbocycles. The first kappa shape index (κ1) is 11.7. The highest BCUT2D eigenvalue weighted by molar-refractivity contribution is 5.41. The summed E-state index contributed by atoms with van der Waals surface area (Å²) in [6.07, 6.45) is 2.18. The van der Waals surface area contributed by atoms with Crippen LogP contribution in [-0.2, 0) is 0 Å². The highest BCUT2D eigenvalue weighted by Crippen LogP contribution is 2.27. The van der Waals surface area contributed by atoms with Crippen LogP contribution in [0.4, 0.5) is 0 Å². The van der Waals surface area contributed by atoms with Gasteiger partial charge in [0, 0.05) is 18.2 Å². The summed E-state index contributed by atoms with van der Waals surface area (Å²) in [5.74, 6) is 2.29. The van der Waals surface area contributed by atoms with E-state index in [1.54, 1.807) is 14.2 Å². The van der Waals surface area contributed by atoms with Gasteiger partial charge in [-0.05, 0) is 6.42 Å². The number of hydrogen-bond donors (Lipinski definition) is 0. The van der Waals surface area contributed by atoms with Gasteiger partial charge in [-0.25, -0.2) is 0 Å². The Kier molecular flexibility index (Phi) is 4.81. The second-order valence-corrected chi connectivity index (χ2v) is 3.25. The maximum absolute atomic E-state index is 5.57. The second-order valence-electron chi connectivity index (χ2n) is 3.25. The molecule has 0 aromatic heterocycles. The van der Waals surface area contributed by atoms with Crippen molar-refractivity contribution in [3.63, 3.8) is 0 Å². The van der Waals surface area contributed by atoms with Crippen molar-refractivity contribution >= 4 is 0 Å². The number of hydrogen-bond acceptors (Lipinski definition) is 3. The van der Waals surface area contributed by atoms with Crippen molar-refractivity contribution in [3.05, 3.63) is 18.2 Å². The lowest BCUT2D eigenvalue weighted by molar-refractivity contribution is 0.304. The number of unbranched alkanes of at least 4 members (excludes halogenated alkanes) is 1. The normalized spacial score (nSPS) is 9.80. The number of rotatable bonds is 6. The van der Waals surface area contributed by atoms with E-state index in [0.717, 1.165) is 36.7 Å². The number of ether oxygens (including phenoxy) is 3. The summed E-state index contributed by atoms with van der Waals surface area (Å²) in [4.78, 5) is 0. The molecule has 0 atom stereocenters. The van der Waals surface area contributed by atoms with Gasteiger partial charge in [0.05, 0.1) is 20.8 Å². The van der Waals surface area contributed by atoms with Crippen molar-refractivity contribution in [1.82, 2.24) is 0 Å². The first-order valence-electron chi connectivity index (χ1n) is 5.16. The van der Waals surface area contributed by atoms with Gasteiger partial charge in [0.1, 0.15) is 17.2 Å². The molecule has 0 amide bonds. The largest absolute Gasteiger partial charge is 0.496 e. The van der Waals surface area contributed by atoms with E-state index in [9.17, 15) is 0 Å². The van der Waals surface area contributed by atoms with Gasteiger partial charge >= 0.3 is 0 Å². The van der Waals surface area contributed by atoms with Crippen LogP contribution in [0, 0.1) is 0 Å². The predicted molar refractivity (Wildman–Crippen MR) is 59.9 cm³/mol. The molecular formula is C12H18O3. The third-order valence-corrected chi connectivity index (χ3v) is 2.09. The first-order chi connectivity index (χ1) is 7.30. The van der Waals surface area contributed by atoms with Gasteiger partial charge in [-0.15, -0.1) is 0 Å². The molecule has 1 rings (SSSR count). The molecule has 0 N–H and O–H groups in total. The predicted octanol–water partition coefficient (Wildman–Crippen LogP) is 2.88. The first-order valence-corrected chi connectivity index (χ1v) is 5.16. The van der Waals surface area contributed by atoms with Gasteiger partial charge in [0.15, 0.2) is 0 Å².